The number of nitrogens with zero attached hydrogens (tertiary/aromatic N) is 1. The van der Waals surface area contributed by atoms with Crippen molar-refractivity contribution in [2.24, 2.45) is 0 Å². The fraction of sp³-hybridized carbons (Fsp3) is 0.298. The lowest BCUT2D eigenvalue weighted by atomic mass is 9.80. The molecule has 2 aliphatic rings. The van der Waals surface area contributed by atoms with Gasteiger partial charge in [-0.05, 0) is 115 Å². The second-order valence-electron chi connectivity index (χ2n) is 19.6. The molecule has 0 atom stereocenters. The SMILES string of the molecule is CC(C)(C)c1cc(N(c2ccccc2-c2cccc3c2-c2ccccc2C3(C)C)c2ccccc2-c2cccc3cccc(C4CCCCC4)c23)cc(C(C)(C)C)c1. The Balaban J connectivity index is 1.35. The van der Waals surface area contributed by atoms with E-state index in [0.717, 1.165) is 0 Å². The average Bonchev–Trinajstić information content (AvgIpc) is 3.46. The van der Waals surface area contributed by atoms with E-state index >= 15 is 0 Å². The standard InChI is InChI=1S/C57H59N/c1-55(2,3)40-35-41(56(4,5)6)37-42(36-40)58(52-34-17-14-26-45(52)47-30-20-32-50-54(47)48-27-12-15-31-49(48)57(50,7)8)51-33-16-13-25-44(51)46-29-19-24-39-23-18-28-43(53(39)46)38-21-10-9-11-22-38/h12-20,23-38H,9-11,21-22H2,1-8H3. The highest BCUT2D eigenvalue weighted by molar-refractivity contribution is 6.05. The third kappa shape index (κ3) is 6.57. The van der Waals surface area contributed by atoms with Gasteiger partial charge in [0.25, 0.3) is 0 Å². The first-order valence-corrected chi connectivity index (χ1v) is 21.7. The van der Waals surface area contributed by atoms with E-state index in [1.807, 2.05) is 0 Å². The minimum atomic E-state index is -0.0871. The van der Waals surface area contributed by atoms with Gasteiger partial charge >= 0.3 is 0 Å². The highest BCUT2D eigenvalue weighted by Crippen LogP contribution is 2.55. The van der Waals surface area contributed by atoms with E-state index in [-0.39, 0.29) is 16.2 Å². The Labute approximate surface area is 347 Å². The summed E-state index contributed by atoms with van der Waals surface area (Å²) in [5.41, 5.74) is 18.2. The van der Waals surface area contributed by atoms with Crippen LogP contribution in [0.15, 0.2) is 146 Å². The normalized spacial score (nSPS) is 15.3. The van der Waals surface area contributed by atoms with Gasteiger partial charge in [0, 0.05) is 22.2 Å². The quantitative estimate of drug-likeness (QED) is 0.163. The summed E-state index contributed by atoms with van der Waals surface area (Å²) in [7, 11) is 0. The molecule has 2 aliphatic carbocycles. The smallest absolute Gasteiger partial charge is 0.0540 e. The lowest BCUT2D eigenvalue weighted by Crippen LogP contribution is -2.19. The number of hydrogen-bond acceptors (Lipinski definition) is 1. The van der Waals surface area contributed by atoms with Gasteiger partial charge in [0.05, 0.1) is 11.4 Å². The molecular formula is C57H59N. The summed E-state index contributed by atoms with van der Waals surface area (Å²) in [6.45, 7) is 18.8. The summed E-state index contributed by atoms with van der Waals surface area (Å²) < 4.78 is 0. The molecule has 0 unspecified atom stereocenters. The van der Waals surface area contributed by atoms with Crippen LogP contribution in [0.2, 0.25) is 0 Å². The molecule has 9 rings (SSSR count). The Bertz CT molecular complexity index is 2620. The Morgan fingerprint density at radius 2 is 0.983 bits per heavy atom. The highest BCUT2D eigenvalue weighted by atomic mass is 15.1. The summed E-state index contributed by atoms with van der Waals surface area (Å²) in [6, 6.07) is 55.8. The molecule has 0 amide bonds. The van der Waals surface area contributed by atoms with Gasteiger partial charge in [0.15, 0.2) is 0 Å². The summed E-state index contributed by atoms with van der Waals surface area (Å²) in [5, 5.41) is 2.74. The molecule has 7 aromatic carbocycles. The van der Waals surface area contributed by atoms with Crippen LogP contribution in [-0.2, 0) is 16.2 Å². The van der Waals surface area contributed by atoms with Crippen molar-refractivity contribution in [1.82, 2.24) is 0 Å². The first-order valence-electron chi connectivity index (χ1n) is 21.7. The van der Waals surface area contributed by atoms with Gasteiger partial charge in [-0.3, -0.25) is 0 Å². The molecule has 0 heterocycles. The van der Waals surface area contributed by atoms with Gasteiger partial charge < -0.3 is 4.90 Å². The molecule has 0 saturated heterocycles. The van der Waals surface area contributed by atoms with Crippen LogP contribution in [0.5, 0.6) is 0 Å². The zero-order chi connectivity index (χ0) is 40.4. The molecule has 292 valence electrons. The molecule has 1 fully saturated rings. The van der Waals surface area contributed by atoms with E-state index in [1.54, 1.807) is 0 Å². The molecule has 0 aliphatic heterocycles. The zero-order valence-corrected chi connectivity index (χ0v) is 35.9. The van der Waals surface area contributed by atoms with Gasteiger partial charge in [-0.2, -0.15) is 0 Å². The largest absolute Gasteiger partial charge is 0.309 e. The predicted octanol–water partition coefficient (Wildman–Crippen LogP) is 16.6. The van der Waals surface area contributed by atoms with Crippen molar-refractivity contribution in [2.75, 3.05) is 4.90 Å². The maximum absolute atomic E-state index is 2.60. The minimum Gasteiger partial charge on any atom is -0.309 e. The molecule has 7 aromatic rings. The number of para-hydroxylation sites is 2. The van der Waals surface area contributed by atoms with Crippen molar-refractivity contribution in [1.29, 1.82) is 0 Å². The Hall–Kier alpha value is -5.40. The van der Waals surface area contributed by atoms with E-state index < -0.39 is 0 Å². The highest BCUT2D eigenvalue weighted by Gasteiger charge is 2.37. The summed E-state index contributed by atoms with van der Waals surface area (Å²) in [4.78, 5) is 2.60. The molecule has 1 heteroatoms. The summed E-state index contributed by atoms with van der Waals surface area (Å²) in [5.74, 6) is 0.590. The molecular weight excluding hydrogens is 699 g/mol. The maximum Gasteiger partial charge on any atom is 0.0540 e. The Morgan fingerprint density at radius 1 is 0.483 bits per heavy atom. The lowest BCUT2D eigenvalue weighted by molar-refractivity contribution is 0.445. The van der Waals surface area contributed by atoms with Gasteiger partial charge in [-0.1, -0.05) is 196 Å². The molecule has 0 bridgehead atoms. The minimum absolute atomic E-state index is 0.0409. The van der Waals surface area contributed by atoms with Crippen molar-refractivity contribution >= 4 is 27.8 Å². The van der Waals surface area contributed by atoms with Crippen LogP contribution >= 0.6 is 0 Å². The van der Waals surface area contributed by atoms with Crippen LogP contribution in [0, 0.1) is 0 Å². The van der Waals surface area contributed by atoms with Crippen LogP contribution in [-0.4, -0.2) is 0 Å². The topological polar surface area (TPSA) is 3.24 Å². The van der Waals surface area contributed by atoms with E-state index in [9.17, 15) is 0 Å². The van der Waals surface area contributed by atoms with Crippen LogP contribution < -0.4 is 4.90 Å². The monoisotopic (exact) mass is 757 g/mol. The van der Waals surface area contributed by atoms with Crippen LogP contribution in [0.1, 0.15) is 121 Å². The molecule has 0 aromatic heterocycles. The van der Waals surface area contributed by atoms with E-state index in [0.29, 0.717) is 5.92 Å². The zero-order valence-electron chi connectivity index (χ0n) is 35.9. The van der Waals surface area contributed by atoms with Crippen LogP contribution in [0.3, 0.4) is 0 Å². The Kier molecular flexibility index (Phi) is 9.50. The van der Waals surface area contributed by atoms with Crippen molar-refractivity contribution in [2.45, 2.75) is 110 Å². The van der Waals surface area contributed by atoms with Crippen molar-refractivity contribution in [3.63, 3.8) is 0 Å². The molecule has 0 spiro atoms. The molecule has 0 radical (unpaired) electrons. The fourth-order valence-electron chi connectivity index (χ4n) is 10.1. The number of hydrogen-bond donors (Lipinski definition) is 0. The second kappa shape index (κ2) is 14.5. The molecule has 0 N–H and O–H groups in total. The first-order chi connectivity index (χ1) is 27.8. The average molecular weight is 758 g/mol. The lowest BCUT2D eigenvalue weighted by Gasteiger charge is -2.34. The van der Waals surface area contributed by atoms with Gasteiger partial charge in [-0.25, -0.2) is 0 Å². The van der Waals surface area contributed by atoms with Crippen molar-refractivity contribution in [3.05, 3.63) is 173 Å². The number of anilines is 3. The number of fused-ring (bicyclic) bond motifs is 4. The maximum atomic E-state index is 2.60. The van der Waals surface area contributed by atoms with Crippen LogP contribution in [0.4, 0.5) is 17.1 Å². The van der Waals surface area contributed by atoms with E-state index in [4.69, 9.17) is 0 Å². The third-order valence-corrected chi connectivity index (χ3v) is 13.4. The van der Waals surface area contributed by atoms with Gasteiger partial charge in [-0.15, -0.1) is 0 Å². The number of benzene rings is 7. The second-order valence-corrected chi connectivity index (χ2v) is 19.6. The van der Waals surface area contributed by atoms with Gasteiger partial charge in [0.2, 0.25) is 0 Å². The third-order valence-electron chi connectivity index (χ3n) is 13.4. The van der Waals surface area contributed by atoms with Crippen LogP contribution in [0.25, 0.3) is 44.2 Å². The molecule has 1 nitrogen and oxygen atoms in total. The predicted molar refractivity (Wildman–Crippen MR) is 250 cm³/mol. The Morgan fingerprint density at radius 3 is 1.62 bits per heavy atom. The fourth-order valence-corrected chi connectivity index (χ4v) is 10.1. The molecule has 1 saturated carbocycles. The van der Waals surface area contributed by atoms with E-state index in [1.165, 1.54) is 121 Å². The summed E-state index contributed by atoms with van der Waals surface area (Å²) >= 11 is 0. The first kappa shape index (κ1) is 38.1. The van der Waals surface area contributed by atoms with Gasteiger partial charge in [0.1, 0.15) is 0 Å². The molecule has 58 heavy (non-hydrogen) atoms. The summed E-state index contributed by atoms with van der Waals surface area (Å²) in [6.07, 6.45) is 6.52. The van der Waals surface area contributed by atoms with Crippen molar-refractivity contribution in [3.8, 4) is 33.4 Å². The van der Waals surface area contributed by atoms with E-state index in [2.05, 4.69) is 206 Å². The number of rotatable bonds is 6. The van der Waals surface area contributed by atoms with Crippen molar-refractivity contribution < 1.29 is 0 Å².